The Kier molecular flexibility index (Phi) is 7.65. The zero-order chi connectivity index (χ0) is 24.1. The lowest BCUT2D eigenvalue weighted by Gasteiger charge is -2.34. The van der Waals surface area contributed by atoms with Gasteiger partial charge in [0.1, 0.15) is 5.56 Å². The van der Waals surface area contributed by atoms with Gasteiger partial charge in [-0.1, -0.05) is 31.7 Å². The second kappa shape index (κ2) is 10.8. The highest BCUT2D eigenvalue weighted by atomic mass is 16.6. The van der Waals surface area contributed by atoms with E-state index in [2.05, 4.69) is 9.55 Å². The number of carbonyl (C=O) groups is 2. The summed E-state index contributed by atoms with van der Waals surface area (Å²) < 4.78 is 7.21. The molecule has 1 saturated carbocycles. The summed E-state index contributed by atoms with van der Waals surface area (Å²) in [5.41, 5.74) is 2.78. The van der Waals surface area contributed by atoms with E-state index >= 15 is 0 Å². The third kappa shape index (κ3) is 5.32. The van der Waals surface area contributed by atoms with Crippen molar-refractivity contribution in [3.8, 4) is 0 Å². The molecule has 182 valence electrons. The van der Waals surface area contributed by atoms with Crippen LogP contribution in [0.3, 0.4) is 0 Å². The minimum Gasteiger partial charge on any atom is -0.450 e. The van der Waals surface area contributed by atoms with E-state index in [9.17, 15) is 14.4 Å². The minimum atomic E-state index is -0.356. The fourth-order valence-electron chi connectivity index (χ4n) is 5.12. The first kappa shape index (κ1) is 24.0. The van der Waals surface area contributed by atoms with Gasteiger partial charge in [-0.2, -0.15) is 0 Å². The maximum absolute atomic E-state index is 13.7. The Labute approximate surface area is 200 Å². The number of amides is 2. The highest BCUT2D eigenvalue weighted by molar-refractivity contribution is 5.95. The van der Waals surface area contributed by atoms with Gasteiger partial charge in [0.05, 0.1) is 6.61 Å². The van der Waals surface area contributed by atoms with E-state index in [0.29, 0.717) is 45.2 Å². The topological polar surface area (TPSA) is 84.7 Å². The van der Waals surface area contributed by atoms with Gasteiger partial charge in [0.2, 0.25) is 0 Å². The fraction of sp³-hybridized carbons (Fsp3) is 0.538. The van der Waals surface area contributed by atoms with Crippen LogP contribution in [-0.4, -0.2) is 64.1 Å². The van der Waals surface area contributed by atoms with E-state index < -0.39 is 0 Å². The summed E-state index contributed by atoms with van der Waals surface area (Å²) in [5.74, 6) is 0.245. The maximum atomic E-state index is 13.7. The predicted molar refractivity (Wildman–Crippen MR) is 129 cm³/mol. The van der Waals surface area contributed by atoms with Crippen molar-refractivity contribution in [1.82, 2.24) is 19.4 Å². The Hall–Kier alpha value is -3.16. The molecule has 4 rings (SSSR count). The Balaban J connectivity index is 1.65. The van der Waals surface area contributed by atoms with Crippen LogP contribution in [0.5, 0.6) is 0 Å². The first-order valence-electron chi connectivity index (χ1n) is 12.3. The monoisotopic (exact) mass is 466 g/mol. The second-order valence-corrected chi connectivity index (χ2v) is 9.25. The van der Waals surface area contributed by atoms with E-state index in [0.717, 1.165) is 36.2 Å². The van der Waals surface area contributed by atoms with Gasteiger partial charge in [-0.05, 0) is 37.8 Å². The summed E-state index contributed by atoms with van der Waals surface area (Å²) in [6.07, 6.45) is 8.58. The van der Waals surface area contributed by atoms with Crippen molar-refractivity contribution in [3.63, 3.8) is 0 Å². The summed E-state index contributed by atoms with van der Waals surface area (Å²) in [6.45, 7) is 6.17. The first-order valence-corrected chi connectivity index (χ1v) is 12.3. The minimum absolute atomic E-state index is 0.217. The lowest BCUT2D eigenvalue weighted by Crippen LogP contribution is -2.51. The van der Waals surface area contributed by atoms with Crippen LogP contribution >= 0.6 is 0 Å². The second-order valence-electron chi connectivity index (χ2n) is 9.25. The zero-order valence-corrected chi connectivity index (χ0v) is 20.2. The molecule has 0 bridgehead atoms. The molecule has 0 unspecified atom stereocenters. The summed E-state index contributed by atoms with van der Waals surface area (Å²) in [6, 6.07) is 5.50. The van der Waals surface area contributed by atoms with Gasteiger partial charge in [-0.25, -0.2) is 4.79 Å². The number of ether oxygens (including phenoxy) is 1. The molecule has 8 heteroatoms. The van der Waals surface area contributed by atoms with Crippen LogP contribution in [0, 0.1) is 12.8 Å². The fourth-order valence-corrected chi connectivity index (χ4v) is 5.12. The number of carbonyl (C=O) groups excluding carboxylic acids is 2. The Morgan fingerprint density at radius 1 is 1.12 bits per heavy atom. The van der Waals surface area contributed by atoms with Crippen molar-refractivity contribution in [2.75, 3.05) is 32.8 Å². The summed E-state index contributed by atoms with van der Waals surface area (Å²) in [7, 11) is 0. The number of aromatic nitrogens is 2. The lowest BCUT2D eigenvalue weighted by molar-refractivity contribution is 0.0567. The van der Waals surface area contributed by atoms with Crippen LogP contribution in [0.4, 0.5) is 4.79 Å². The van der Waals surface area contributed by atoms with Crippen LogP contribution in [0.2, 0.25) is 0 Å². The lowest BCUT2D eigenvalue weighted by atomic mass is 9.96. The Bertz CT molecular complexity index is 1070. The third-order valence-electron chi connectivity index (χ3n) is 6.95. The van der Waals surface area contributed by atoms with Gasteiger partial charge in [-0.3, -0.25) is 14.6 Å². The average molecular weight is 467 g/mol. The number of piperazine rings is 1. The quantitative estimate of drug-likeness (QED) is 0.653. The van der Waals surface area contributed by atoms with E-state index in [-0.39, 0.29) is 23.0 Å². The average Bonchev–Trinajstić information content (AvgIpc) is 3.35. The van der Waals surface area contributed by atoms with Crippen LogP contribution in [-0.2, 0) is 17.7 Å². The van der Waals surface area contributed by atoms with Crippen LogP contribution < -0.4 is 5.43 Å². The first-order chi connectivity index (χ1) is 16.5. The molecular weight excluding hydrogens is 432 g/mol. The van der Waals surface area contributed by atoms with Crippen LogP contribution in [0.15, 0.2) is 35.4 Å². The number of rotatable bonds is 6. The Morgan fingerprint density at radius 2 is 1.82 bits per heavy atom. The molecule has 0 aromatic carbocycles. The standard InChI is InChI=1S/C26H34N4O4/c1-3-34-26(33)29-13-11-28(12-14-29)25(32)24-22(16-20-7-4-5-8-20)30(19(2)15-23(24)31)18-21-9-6-10-27-17-21/h6,9-10,15,17,20H,3-5,7-8,11-14,16,18H2,1-2H3. The molecule has 0 radical (unpaired) electrons. The smallest absolute Gasteiger partial charge is 0.409 e. The molecule has 0 atom stereocenters. The van der Waals surface area contributed by atoms with Gasteiger partial charge < -0.3 is 19.1 Å². The van der Waals surface area contributed by atoms with Crippen molar-refractivity contribution in [2.45, 2.75) is 52.5 Å². The van der Waals surface area contributed by atoms with Crippen molar-refractivity contribution in [2.24, 2.45) is 5.92 Å². The molecule has 34 heavy (non-hydrogen) atoms. The molecule has 1 aliphatic heterocycles. The summed E-state index contributed by atoms with van der Waals surface area (Å²) in [4.78, 5) is 46.5. The molecule has 0 spiro atoms. The molecule has 2 aromatic rings. The number of nitrogens with zero attached hydrogens (tertiary/aromatic N) is 4. The molecule has 1 saturated heterocycles. The van der Waals surface area contributed by atoms with Crippen molar-refractivity contribution in [1.29, 1.82) is 0 Å². The van der Waals surface area contributed by atoms with Crippen LogP contribution in [0.25, 0.3) is 0 Å². The van der Waals surface area contributed by atoms with E-state index in [1.54, 1.807) is 29.0 Å². The number of aryl methyl sites for hydroxylation is 1. The summed E-state index contributed by atoms with van der Waals surface area (Å²) in [5, 5.41) is 0. The maximum Gasteiger partial charge on any atom is 0.409 e. The van der Waals surface area contributed by atoms with E-state index in [4.69, 9.17) is 4.74 Å². The van der Waals surface area contributed by atoms with Gasteiger partial charge >= 0.3 is 6.09 Å². The third-order valence-corrected chi connectivity index (χ3v) is 6.95. The number of pyridine rings is 2. The van der Waals surface area contributed by atoms with Crippen molar-refractivity contribution in [3.05, 3.63) is 63.3 Å². The van der Waals surface area contributed by atoms with Crippen molar-refractivity contribution < 1.29 is 14.3 Å². The molecule has 0 N–H and O–H groups in total. The predicted octanol–water partition coefficient (Wildman–Crippen LogP) is 3.25. The van der Waals surface area contributed by atoms with E-state index in [1.807, 2.05) is 25.3 Å². The van der Waals surface area contributed by atoms with Crippen LogP contribution in [0.1, 0.15) is 59.9 Å². The SMILES string of the molecule is CCOC(=O)N1CCN(C(=O)c2c(CC3CCCC3)n(Cc3cccnc3)c(C)cc2=O)CC1. The number of hydrogen-bond acceptors (Lipinski definition) is 5. The highest BCUT2D eigenvalue weighted by Crippen LogP contribution is 2.29. The molecule has 3 heterocycles. The Morgan fingerprint density at radius 3 is 2.47 bits per heavy atom. The molecular formula is C26H34N4O4. The van der Waals surface area contributed by atoms with Crippen molar-refractivity contribution >= 4 is 12.0 Å². The number of hydrogen-bond donors (Lipinski definition) is 0. The largest absolute Gasteiger partial charge is 0.450 e. The van der Waals surface area contributed by atoms with Gasteiger partial charge in [0.25, 0.3) is 5.91 Å². The van der Waals surface area contributed by atoms with Gasteiger partial charge in [0.15, 0.2) is 5.43 Å². The molecule has 8 nitrogen and oxygen atoms in total. The normalized spacial score (nSPS) is 16.6. The molecule has 1 aliphatic carbocycles. The van der Waals surface area contributed by atoms with Gasteiger partial charge in [-0.15, -0.1) is 0 Å². The molecule has 2 aliphatic rings. The zero-order valence-electron chi connectivity index (χ0n) is 20.2. The van der Waals surface area contributed by atoms with E-state index in [1.165, 1.54) is 12.8 Å². The molecule has 2 fully saturated rings. The molecule has 2 aromatic heterocycles. The van der Waals surface area contributed by atoms with Gasteiger partial charge in [0, 0.05) is 62.6 Å². The highest BCUT2D eigenvalue weighted by Gasteiger charge is 2.30. The summed E-state index contributed by atoms with van der Waals surface area (Å²) >= 11 is 0. The molecule has 2 amide bonds.